The molecule has 0 unspecified atom stereocenters. The zero-order valence-corrected chi connectivity index (χ0v) is 18.1. The lowest BCUT2D eigenvalue weighted by Gasteiger charge is -2.09. The van der Waals surface area contributed by atoms with Crippen molar-refractivity contribution in [2.75, 3.05) is 0 Å². The summed E-state index contributed by atoms with van der Waals surface area (Å²) in [4.78, 5) is 0. The Morgan fingerprint density at radius 1 is 0.786 bits per heavy atom. The van der Waals surface area contributed by atoms with Crippen molar-refractivity contribution in [2.45, 2.75) is 40.8 Å². The van der Waals surface area contributed by atoms with Gasteiger partial charge in [-0.1, -0.05) is 46.9 Å². The van der Waals surface area contributed by atoms with Crippen LogP contribution in [0.4, 0.5) is 4.32 Å². The molecule has 0 spiro atoms. The van der Waals surface area contributed by atoms with Gasteiger partial charge in [0.15, 0.2) is 0 Å². The number of fused-ring (bicyclic) bond motifs is 2. The van der Waals surface area contributed by atoms with Crippen LogP contribution in [0.5, 0.6) is 0 Å². The summed E-state index contributed by atoms with van der Waals surface area (Å²) in [5.41, 5.74) is 2.73. The van der Waals surface area contributed by atoms with Crippen LogP contribution in [0, 0.1) is 13.8 Å². The van der Waals surface area contributed by atoms with E-state index in [1.807, 2.05) is 22.7 Å². The van der Waals surface area contributed by atoms with Crippen LogP contribution in [0.25, 0.3) is 20.4 Å². The Morgan fingerprint density at radius 2 is 1.11 bits per heavy atom. The summed E-state index contributed by atoms with van der Waals surface area (Å²) >= 11 is 3.73. The largest absolute Gasteiger partial charge is 0.867 e. The third-order valence-electron chi connectivity index (χ3n) is 4.22. The first-order valence-corrected chi connectivity index (χ1v) is 10.7. The van der Waals surface area contributed by atoms with Crippen LogP contribution >= 0.6 is 22.7 Å². The second-order valence-corrected chi connectivity index (χ2v) is 8.41. The molecule has 0 aliphatic rings. The topological polar surface area (TPSA) is 53.9 Å². The van der Waals surface area contributed by atoms with Crippen molar-refractivity contribution in [3.63, 3.8) is 0 Å². The minimum absolute atomic E-state index is 1.07. The fourth-order valence-electron chi connectivity index (χ4n) is 3.09. The van der Waals surface area contributed by atoms with Gasteiger partial charge in [0.1, 0.15) is 29.9 Å². The van der Waals surface area contributed by atoms with E-state index >= 15 is 0 Å². The first-order chi connectivity index (χ1) is 13.4. The standard InChI is InChI=1S/2C10H12NS.BFO2/c2*1-3-11-8(2)12-10-7-5-4-6-9(10)11;2-1(3)4/h2*4-7H,3H2,1-2H3;/q2*+1;-2. The highest BCUT2D eigenvalue weighted by atomic mass is 32.1. The first-order valence-electron chi connectivity index (χ1n) is 9.10. The molecule has 0 atom stereocenters. The number of para-hydroxylation sites is 2. The van der Waals surface area contributed by atoms with Crippen LogP contribution in [0.3, 0.4) is 0 Å². The third kappa shape index (κ3) is 5.58. The number of halogens is 1. The molecule has 4 nitrogen and oxygen atoms in total. The summed E-state index contributed by atoms with van der Waals surface area (Å²) in [7, 11) is -3.17. The van der Waals surface area contributed by atoms with E-state index in [1.54, 1.807) is 0 Å². The van der Waals surface area contributed by atoms with Crippen molar-refractivity contribution in [3.8, 4) is 0 Å². The Labute approximate surface area is 173 Å². The molecule has 8 heteroatoms. The lowest BCUT2D eigenvalue weighted by molar-refractivity contribution is -0.669. The van der Waals surface area contributed by atoms with Gasteiger partial charge >= 0.3 is 0 Å². The van der Waals surface area contributed by atoms with Gasteiger partial charge < -0.3 is 14.4 Å². The summed E-state index contributed by atoms with van der Waals surface area (Å²) in [5, 5.41) is 19.4. The van der Waals surface area contributed by atoms with Gasteiger partial charge in [0.2, 0.25) is 21.0 Å². The molecule has 0 saturated carbocycles. The number of benzene rings is 2. The molecule has 0 bridgehead atoms. The van der Waals surface area contributed by atoms with E-state index in [0.29, 0.717) is 0 Å². The van der Waals surface area contributed by atoms with Crippen LogP contribution < -0.4 is 19.2 Å². The average molecular weight is 418 g/mol. The number of thiazole rings is 2. The van der Waals surface area contributed by atoms with Crippen LogP contribution in [0.15, 0.2) is 48.5 Å². The maximum atomic E-state index is 9.89. The van der Waals surface area contributed by atoms with Crippen molar-refractivity contribution in [3.05, 3.63) is 58.5 Å². The number of aryl methyl sites for hydroxylation is 4. The molecule has 0 fully saturated rings. The van der Waals surface area contributed by atoms with Crippen molar-refractivity contribution in [1.29, 1.82) is 0 Å². The molecule has 0 amide bonds. The molecule has 148 valence electrons. The van der Waals surface area contributed by atoms with E-state index in [1.165, 1.54) is 30.4 Å². The molecular weight excluding hydrogens is 394 g/mol. The van der Waals surface area contributed by atoms with Gasteiger partial charge in [-0.2, -0.15) is 9.13 Å². The zero-order chi connectivity index (χ0) is 20.7. The highest BCUT2D eigenvalue weighted by Gasteiger charge is 2.14. The third-order valence-corrected chi connectivity index (χ3v) is 6.38. The molecule has 0 saturated heterocycles. The molecule has 4 rings (SSSR count). The highest BCUT2D eigenvalue weighted by molar-refractivity contribution is 7.18. The van der Waals surface area contributed by atoms with Gasteiger partial charge in [-0.3, -0.25) is 0 Å². The van der Waals surface area contributed by atoms with Gasteiger partial charge in [-0.05, 0) is 26.0 Å². The molecule has 0 aliphatic heterocycles. The van der Waals surface area contributed by atoms with Gasteiger partial charge in [-0.15, -0.1) is 0 Å². The maximum Gasteiger partial charge on any atom is 0.235 e. The predicted molar refractivity (Wildman–Crippen MR) is 112 cm³/mol. The molecule has 0 N–H and O–H groups in total. The lowest BCUT2D eigenvalue weighted by atomic mass is 10.3. The molecule has 28 heavy (non-hydrogen) atoms. The molecule has 0 radical (unpaired) electrons. The first kappa shape index (κ1) is 22.4. The molecule has 4 aromatic rings. The van der Waals surface area contributed by atoms with Gasteiger partial charge in [0, 0.05) is 26.0 Å². The summed E-state index contributed by atoms with van der Waals surface area (Å²) in [5.74, 6) is 0. The number of hydrogen-bond donors (Lipinski definition) is 0. The van der Waals surface area contributed by atoms with E-state index < -0.39 is 7.40 Å². The van der Waals surface area contributed by atoms with Crippen molar-refractivity contribution in [2.24, 2.45) is 0 Å². The zero-order valence-electron chi connectivity index (χ0n) is 16.5. The average Bonchev–Trinajstić information content (AvgIpc) is 3.16. The summed E-state index contributed by atoms with van der Waals surface area (Å²) in [6.07, 6.45) is 0. The fraction of sp³-hybridized carbons (Fsp3) is 0.300. The molecule has 2 aromatic carbocycles. The van der Waals surface area contributed by atoms with E-state index in [9.17, 15) is 4.32 Å². The fourth-order valence-corrected chi connectivity index (χ4v) is 5.26. The van der Waals surface area contributed by atoms with E-state index in [-0.39, 0.29) is 0 Å². The van der Waals surface area contributed by atoms with Crippen LogP contribution in [0.2, 0.25) is 0 Å². The Kier molecular flexibility index (Phi) is 8.50. The Balaban J connectivity index is 0.000000169. The van der Waals surface area contributed by atoms with Gasteiger partial charge in [0.25, 0.3) is 0 Å². The minimum Gasteiger partial charge on any atom is -0.867 e. The van der Waals surface area contributed by atoms with Crippen molar-refractivity contribution >= 4 is 50.5 Å². The number of hydrogen-bond acceptors (Lipinski definition) is 4. The molecule has 2 aromatic heterocycles. The molecule has 0 aliphatic carbocycles. The lowest BCUT2D eigenvalue weighted by Crippen LogP contribution is -2.39. The Morgan fingerprint density at radius 3 is 1.43 bits per heavy atom. The summed E-state index contributed by atoms with van der Waals surface area (Å²) in [6.45, 7) is 10.9. The summed E-state index contributed by atoms with van der Waals surface area (Å²) in [6, 6.07) is 17.1. The van der Waals surface area contributed by atoms with Crippen molar-refractivity contribution < 1.29 is 23.5 Å². The second-order valence-electron chi connectivity index (χ2n) is 5.94. The van der Waals surface area contributed by atoms with Crippen molar-refractivity contribution in [1.82, 2.24) is 0 Å². The predicted octanol–water partition coefficient (Wildman–Crippen LogP) is 2.70. The number of aromatic nitrogens is 2. The maximum absolute atomic E-state index is 9.89. The SMILES string of the molecule is CC[n+]1c(C)sc2ccccc21.CC[n+]1c(C)sc2ccccc21.[O-]B([O-])F. The Hall–Kier alpha value is -1.87. The minimum atomic E-state index is -3.17. The van der Waals surface area contributed by atoms with Gasteiger partial charge in [-0.25, -0.2) is 0 Å². The molecule has 2 heterocycles. The Bertz CT molecular complexity index is 951. The van der Waals surface area contributed by atoms with E-state index in [4.69, 9.17) is 10.0 Å². The van der Waals surface area contributed by atoms with E-state index in [2.05, 4.69) is 85.4 Å². The van der Waals surface area contributed by atoms with Gasteiger partial charge in [0.05, 0.1) is 0 Å². The highest BCUT2D eigenvalue weighted by Crippen LogP contribution is 2.19. The smallest absolute Gasteiger partial charge is 0.235 e. The monoisotopic (exact) mass is 418 g/mol. The van der Waals surface area contributed by atoms with Crippen LogP contribution in [-0.4, -0.2) is 7.40 Å². The quantitative estimate of drug-likeness (QED) is 0.371. The normalized spacial score (nSPS) is 10.2. The van der Waals surface area contributed by atoms with Crippen LogP contribution in [0.1, 0.15) is 23.9 Å². The number of nitrogens with zero attached hydrogens (tertiary/aromatic N) is 2. The number of rotatable bonds is 2. The summed E-state index contributed by atoms with van der Waals surface area (Å²) < 4.78 is 17.4. The second kappa shape index (κ2) is 10.6. The van der Waals surface area contributed by atoms with E-state index in [0.717, 1.165) is 13.1 Å². The van der Waals surface area contributed by atoms with Crippen LogP contribution in [-0.2, 0) is 13.1 Å². The molecular formula is C20H24BFN2O2S2.